The van der Waals surface area contributed by atoms with Crippen molar-refractivity contribution < 1.29 is 13.2 Å². The van der Waals surface area contributed by atoms with Gasteiger partial charge in [0, 0.05) is 13.7 Å². The van der Waals surface area contributed by atoms with E-state index in [1.165, 1.54) is 11.4 Å². The van der Waals surface area contributed by atoms with E-state index in [-0.39, 0.29) is 36.0 Å². The minimum Gasteiger partial charge on any atom is -0.383 e. The molecule has 0 fully saturated rings. The first kappa shape index (κ1) is 21.2. The Balaban J connectivity index is 2.06. The molecule has 1 heterocycles. The van der Waals surface area contributed by atoms with Gasteiger partial charge in [-0.2, -0.15) is 4.31 Å². The molecule has 0 aliphatic carbocycles. The largest absolute Gasteiger partial charge is 0.383 e. The number of sulfonamides is 1. The lowest BCUT2D eigenvalue weighted by molar-refractivity contribution is 0.176. The van der Waals surface area contributed by atoms with E-state index in [1.54, 1.807) is 38.1 Å². The fraction of sp³-hybridized carbons (Fsp3) is 0.333. The molecule has 0 saturated heterocycles. The summed E-state index contributed by atoms with van der Waals surface area (Å²) in [6.45, 7) is 5.82. The molecule has 7 nitrogen and oxygen atoms in total. The van der Waals surface area contributed by atoms with E-state index < -0.39 is 10.0 Å². The van der Waals surface area contributed by atoms with Gasteiger partial charge < -0.3 is 9.72 Å². The Morgan fingerprint density at radius 2 is 1.76 bits per heavy atom. The van der Waals surface area contributed by atoms with Crippen molar-refractivity contribution in [3.63, 3.8) is 0 Å². The van der Waals surface area contributed by atoms with Gasteiger partial charge in [0.1, 0.15) is 5.82 Å². The maximum absolute atomic E-state index is 13.5. The van der Waals surface area contributed by atoms with Gasteiger partial charge in [0.2, 0.25) is 10.0 Å². The molecule has 29 heavy (non-hydrogen) atoms. The fourth-order valence-electron chi connectivity index (χ4n) is 3.56. The third-order valence-electron chi connectivity index (χ3n) is 4.74. The molecule has 0 amide bonds. The van der Waals surface area contributed by atoms with E-state index in [4.69, 9.17) is 4.74 Å². The van der Waals surface area contributed by atoms with Crippen molar-refractivity contribution in [3.05, 3.63) is 69.3 Å². The van der Waals surface area contributed by atoms with Gasteiger partial charge in [-0.15, -0.1) is 0 Å². The summed E-state index contributed by atoms with van der Waals surface area (Å²) in [5.74, 6) is 0.288. The predicted molar refractivity (Wildman–Crippen MR) is 112 cm³/mol. The van der Waals surface area contributed by atoms with Crippen LogP contribution in [-0.4, -0.2) is 43.0 Å². The molecule has 0 aliphatic rings. The fourth-order valence-corrected chi connectivity index (χ4v) is 5.35. The Kier molecular flexibility index (Phi) is 6.16. The van der Waals surface area contributed by atoms with Crippen molar-refractivity contribution in [2.24, 2.45) is 0 Å². The number of aryl methyl sites for hydroxylation is 3. The zero-order valence-electron chi connectivity index (χ0n) is 17.0. The molecule has 1 N–H and O–H groups in total. The molecule has 8 heteroatoms. The molecule has 1 aromatic heterocycles. The smallest absolute Gasteiger partial charge is 0.258 e. The normalized spacial score (nSPS) is 12.0. The number of H-pyrrole nitrogens is 1. The maximum atomic E-state index is 13.5. The first-order valence-corrected chi connectivity index (χ1v) is 10.7. The monoisotopic (exact) mass is 415 g/mol. The summed E-state index contributed by atoms with van der Waals surface area (Å²) in [5.41, 5.74) is 2.60. The summed E-state index contributed by atoms with van der Waals surface area (Å²) in [6.07, 6.45) is 0. The average molecular weight is 416 g/mol. The molecular weight excluding hydrogens is 390 g/mol. The Labute approximate surface area is 170 Å². The van der Waals surface area contributed by atoms with Crippen LogP contribution in [0.15, 0.2) is 46.1 Å². The van der Waals surface area contributed by atoms with E-state index in [1.807, 2.05) is 19.1 Å². The van der Waals surface area contributed by atoms with Gasteiger partial charge in [-0.05, 0) is 44.0 Å². The number of aromatic nitrogens is 2. The Morgan fingerprint density at radius 3 is 2.41 bits per heavy atom. The number of aromatic amines is 1. The van der Waals surface area contributed by atoms with Crippen LogP contribution in [0.4, 0.5) is 0 Å². The lowest BCUT2D eigenvalue weighted by Crippen LogP contribution is -2.35. The number of nitrogens with zero attached hydrogens (tertiary/aromatic N) is 2. The van der Waals surface area contributed by atoms with E-state index in [2.05, 4.69) is 9.97 Å². The van der Waals surface area contributed by atoms with E-state index in [9.17, 15) is 13.2 Å². The summed E-state index contributed by atoms with van der Waals surface area (Å²) >= 11 is 0. The standard InChI is InChI=1S/C21H25N3O4S/c1-14-11-15(2)20(16(3)12-14)29(26,27)24(9-10-28-4)13-19-22-18-8-6-5-7-17(18)21(25)23-19/h5-8,11-12H,9-10,13H2,1-4H3,(H,22,23,25). The predicted octanol–water partition coefficient (Wildman–Crippen LogP) is 2.69. The van der Waals surface area contributed by atoms with Crippen LogP contribution in [0, 0.1) is 20.8 Å². The van der Waals surface area contributed by atoms with Crippen LogP contribution < -0.4 is 5.56 Å². The van der Waals surface area contributed by atoms with E-state index in [0.29, 0.717) is 22.0 Å². The summed E-state index contributed by atoms with van der Waals surface area (Å²) in [4.78, 5) is 19.8. The Hall–Kier alpha value is -2.55. The summed E-state index contributed by atoms with van der Waals surface area (Å²) in [6, 6.07) is 10.7. The molecule has 2 aromatic carbocycles. The average Bonchev–Trinajstić information content (AvgIpc) is 2.64. The maximum Gasteiger partial charge on any atom is 0.258 e. The zero-order chi connectivity index (χ0) is 21.2. The SMILES string of the molecule is COCCN(Cc1nc2ccccc2c(=O)[nH]1)S(=O)(=O)c1c(C)cc(C)cc1C. The number of nitrogens with one attached hydrogen (secondary N) is 1. The number of benzene rings is 2. The molecule has 3 aromatic rings. The van der Waals surface area contributed by atoms with E-state index in [0.717, 1.165) is 5.56 Å². The first-order chi connectivity index (χ1) is 13.7. The number of ether oxygens (including phenoxy) is 1. The third kappa shape index (κ3) is 4.39. The number of fused-ring (bicyclic) bond motifs is 1. The van der Waals surface area contributed by atoms with Gasteiger partial charge in [-0.25, -0.2) is 13.4 Å². The molecule has 0 radical (unpaired) electrons. The number of para-hydroxylation sites is 1. The second-order valence-electron chi connectivity index (χ2n) is 7.09. The highest BCUT2D eigenvalue weighted by Crippen LogP contribution is 2.26. The van der Waals surface area contributed by atoms with Crippen LogP contribution in [0.25, 0.3) is 10.9 Å². The lowest BCUT2D eigenvalue weighted by atomic mass is 10.1. The summed E-state index contributed by atoms with van der Waals surface area (Å²) in [7, 11) is -2.31. The topological polar surface area (TPSA) is 92.4 Å². The number of hydrogen-bond donors (Lipinski definition) is 1. The van der Waals surface area contributed by atoms with Crippen molar-refractivity contribution >= 4 is 20.9 Å². The molecule has 0 aliphatic heterocycles. The molecule has 3 rings (SSSR count). The van der Waals surface area contributed by atoms with Crippen LogP contribution in [-0.2, 0) is 21.3 Å². The van der Waals surface area contributed by atoms with Crippen molar-refractivity contribution in [2.45, 2.75) is 32.2 Å². The van der Waals surface area contributed by atoms with E-state index >= 15 is 0 Å². The number of rotatable bonds is 7. The summed E-state index contributed by atoms with van der Waals surface area (Å²) in [5, 5.41) is 0.466. The van der Waals surface area contributed by atoms with Crippen molar-refractivity contribution in [3.8, 4) is 0 Å². The van der Waals surface area contributed by atoms with Gasteiger partial charge in [0.05, 0.1) is 29.0 Å². The molecule has 0 bridgehead atoms. The molecule has 154 valence electrons. The van der Waals surface area contributed by atoms with Crippen molar-refractivity contribution in [1.82, 2.24) is 14.3 Å². The van der Waals surface area contributed by atoms with Gasteiger partial charge >= 0.3 is 0 Å². The molecule has 0 unspecified atom stereocenters. The molecule has 0 spiro atoms. The van der Waals surface area contributed by atoms with Gasteiger partial charge in [-0.1, -0.05) is 29.8 Å². The van der Waals surface area contributed by atoms with Crippen LogP contribution in [0.3, 0.4) is 0 Å². The highest BCUT2D eigenvalue weighted by atomic mass is 32.2. The molecule has 0 saturated carbocycles. The van der Waals surface area contributed by atoms with Crippen LogP contribution in [0.5, 0.6) is 0 Å². The number of hydrogen-bond acceptors (Lipinski definition) is 5. The second kappa shape index (κ2) is 8.44. The van der Waals surface area contributed by atoms with Gasteiger partial charge in [0.15, 0.2) is 0 Å². The molecular formula is C21H25N3O4S. The third-order valence-corrected chi connectivity index (χ3v) is 6.89. The van der Waals surface area contributed by atoms with Gasteiger partial charge in [-0.3, -0.25) is 4.79 Å². The summed E-state index contributed by atoms with van der Waals surface area (Å²) < 4.78 is 33.4. The van der Waals surface area contributed by atoms with Crippen LogP contribution in [0.2, 0.25) is 0 Å². The minimum atomic E-state index is -3.82. The zero-order valence-corrected chi connectivity index (χ0v) is 17.8. The minimum absolute atomic E-state index is 0.0570. The lowest BCUT2D eigenvalue weighted by Gasteiger charge is -2.24. The highest BCUT2D eigenvalue weighted by molar-refractivity contribution is 7.89. The Morgan fingerprint density at radius 1 is 1.10 bits per heavy atom. The quantitative estimate of drug-likeness (QED) is 0.640. The molecule has 0 atom stereocenters. The first-order valence-electron chi connectivity index (χ1n) is 9.29. The Bertz CT molecular complexity index is 1180. The van der Waals surface area contributed by atoms with Crippen molar-refractivity contribution in [2.75, 3.05) is 20.3 Å². The van der Waals surface area contributed by atoms with Crippen LogP contribution >= 0.6 is 0 Å². The van der Waals surface area contributed by atoms with Crippen LogP contribution in [0.1, 0.15) is 22.5 Å². The van der Waals surface area contributed by atoms with Crippen molar-refractivity contribution in [1.29, 1.82) is 0 Å². The van der Waals surface area contributed by atoms with Gasteiger partial charge in [0.25, 0.3) is 5.56 Å². The second-order valence-corrected chi connectivity index (χ2v) is 8.96. The number of methoxy groups -OCH3 is 1. The highest BCUT2D eigenvalue weighted by Gasteiger charge is 2.28.